The number of benzene rings is 1. The molecule has 5 N–H and O–H groups in total. The summed E-state index contributed by atoms with van der Waals surface area (Å²) < 4.78 is 34.9. The van der Waals surface area contributed by atoms with Gasteiger partial charge < -0.3 is 30.4 Å². The van der Waals surface area contributed by atoms with E-state index in [2.05, 4.69) is 42.4 Å². The predicted molar refractivity (Wildman–Crippen MR) is 205 cm³/mol. The van der Waals surface area contributed by atoms with Gasteiger partial charge in [-0.3, -0.25) is 28.7 Å². The highest BCUT2D eigenvalue weighted by molar-refractivity contribution is 7.90. The van der Waals surface area contributed by atoms with Gasteiger partial charge in [-0.25, -0.2) is 8.42 Å². The summed E-state index contributed by atoms with van der Waals surface area (Å²) in [7, 11) is -0.133. The van der Waals surface area contributed by atoms with Crippen LogP contribution in [0.2, 0.25) is 5.02 Å². The van der Waals surface area contributed by atoms with Gasteiger partial charge in [0.25, 0.3) is 5.56 Å². The van der Waals surface area contributed by atoms with Crippen molar-refractivity contribution in [3.8, 4) is 5.75 Å². The molecule has 2 heterocycles. The lowest BCUT2D eigenvalue weighted by Crippen LogP contribution is -2.46. The zero-order valence-electron chi connectivity index (χ0n) is 31.9. The average Bonchev–Trinajstić information content (AvgIpc) is 3.82. The number of likely N-dealkylation sites (tertiary alicyclic amines) is 1. The maximum absolute atomic E-state index is 11.4. The van der Waals surface area contributed by atoms with Crippen molar-refractivity contribution in [3.05, 3.63) is 52.4 Å². The van der Waals surface area contributed by atoms with Crippen molar-refractivity contribution < 1.29 is 37.1 Å². The zero-order valence-corrected chi connectivity index (χ0v) is 33.5. The molecule has 4 amide bonds. The molecule has 1 aromatic carbocycles. The summed E-state index contributed by atoms with van der Waals surface area (Å²) in [6, 6.07) is 4.62. The molecule has 2 unspecified atom stereocenters. The number of primary amides is 1. The van der Waals surface area contributed by atoms with E-state index in [-0.39, 0.29) is 28.9 Å². The number of amides is 4. The lowest BCUT2D eigenvalue weighted by molar-refractivity contribution is -0.137. The topological polar surface area (TPSA) is 207 Å². The SMILES string of the molecule is C=CC(CC)C(=O)NS(=O)(=O)C1CC1.CC(C)C.COC(C)(C)C.COc1c[nH]c(=O)c2cc(Cl)ccc12.NC(=O)C1CCCN1C(=O)CNC=O. The Morgan fingerprint density at radius 1 is 1.13 bits per heavy atom. The lowest BCUT2D eigenvalue weighted by atomic mass is 10.1. The van der Waals surface area contributed by atoms with Crippen LogP contribution in [0.4, 0.5) is 0 Å². The summed E-state index contributed by atoms with van der Waals surface area (Å²) in [6.45, 7) is 18.3. The molecule has 2 fully saturated rings. The van der Waals surface area contributed by atoms with Gasteiger partial charge in [0.1, 0.15) is 11.8 Å². The molecule has 2 aliphatic rings. The van der Waals surface area contributed by atoms with Gasteiger partial charge in [-0.2, -0.15) is 0 Å². The molecule has 52 heavy (non-hydrogen) atoms. The number of nitrogens with two attached hydrogens (primary N) is 1. The number of nitrogens with one attached hydrogen (secondary N) is 3. The lowest BCUT2D eigenvalue weighted by Gasteiger charge is -2.21. The van der Waals surface area contributed by atoms with Gasteiger partial charge in [0.15, 0.2) is 0 Å². The molecule has 1 saturated carbocycles. The number of methoxy groups -OCH3 is 2. The van der Waals surface area contributed by atoms with Crippen molar-refractivity contribution in [2.75, 3.05) is 27.3 Å². The van der Waals surface area contributed by atoms with E-state index in [0.29, 0.717) is 54.8 Å². The Labute approximate surface area is 313 Å². The van der Waals surface area contributed by atoms with Crippen molar-refractivity contribution in [1.82, 2.24) is 19.9 Å². The van der Waals surface area contributed by atoms with Gasteiger partial charge in [0.2, 0.25) is 34.2 Å². The molecule has 1 aliphatic carbocycles. The summed E-state index contributed by atoms with van der Waals surface area (Å²) in [5.74, 6) is -0.158. The number of nitrogens with zero attached hydrogens (tertiary/aromatic N) is 1. The number of halogens is 1. The molecule has 1 aromatic heterocycles. The number of pyridine rings is 1. The van der Waals surface area contributed by atoms with Crippen LogP contribution in [0.1, 0.15) is 80.6 Å². The minimum atomic E-state index is -3.40. The average molecular weight is 772 g/mol. The first kappa shape index (κ1) is 48.0. The van der Waals surface area contributed by atoms with Crippen LogP contribution in [0.15, 0.2) is 41.8 Å². The number of H-pyrrole nitrogens is 1. The molecule has 0 radical (unpaired) electrons. The number of aromatic nitrogens is 1. The third-order valence-electron chi connectivity index (χ3n) is 7.16. The van der Waals surface area contributed by atoms with Crippen LogP contribution in [-0.4, -0.2) is 86.6 Å². The van der Waals surface area contributed by atoms with Crippen LogP contribution >= 0.6 is 11.6 Å². The molecule has 294 valence electrons. The van der Waals surface area contributed by atoms with Crippen LogP contribution in [0.5, 0.6) is 5.75 Å². The molecule has 4 rings (SSSR count). The number of aromatic amines is 1. The molecule has 1 saturated heterocycles. The molecular formula is C36H58ClN5O9S. The van der Waals surface area contributed by atoms with E-state index >= 15 is 0 Å². The highest BCUT2D eigenvalue weighted by Crippen LogP contribution is 2.27. The first-order chi connectivity index (χ1) is 24.2. The summed E-state index contributed by atoms with van der Waals surface area (Å²) in [5.41, 5.74) is 5.01. The molecule has 14 nitrogen and oxygen atoms in total. The number of ether oxygens (including phenoxy) is 2. The molecule has 0 bridgehead atoms. The third kappa shape index (κ3) is 18.5. The Balaban J connectivity index is 0.000000664. The van der Waals surface area contributed by atoms with Crippen molar-refractivity contribution in [3.63, 3.8) is 0 Å². The maximum atomic E-state index is 11.4. The number of rotatable bonds is 10. The second kappa shape index (κ2) is 23.6. The minimum absolute atomic E-state index is 0.0417. The Bertz CT molecular complexity index is 1620. The first-order valence-corrected chi connectivity index (χ1v) is 19.0. The Morgan fingerprint density at radius 2 is 1.71 bits per heavy atom. The van der Waals surface area contributed by atoms with Gasteiger partial charge in [0.05, 0.1) is 35.8 Å². The largest absolute Gasteiger partial charge is 0.495 e. The fourth-order valence-electron chi connectivity index (χ4n) is 4.10. The quantitative estimate of drug-likeness (QED) is 0.200. The van der Waals surface area contributed by atoms with Crippen LogP contribution in [-0.2, 0) is 33.9 Å². The Morgan fingerprint density at radius 3 is 2.15 bits per heavy atom. The van der Waals surface area contributed by atoms with E-state index in [9.17, 15) is 32.4 Å². The molecule has 2 atom stereocenters. The van der Waals surface area contributed by atoms with Gasteiger partial charge >= 0.3 is 0 Å². The van der Waals surface area contributed by atoms with Gasteiger partial charge in [0, 0.05) is 30.3 Å². The summed E-state index contributed by atoms with van der Waals surface area (Å²) in [6.07, 6.45) is 6.74. The van der Waals surface area contributed by atoms with Crippen LogP contribution in [0.25, 0.3) is 10.8 Å². The van der Waals surface area contributed by atoms with Crippen LogP contribution < -0.4 is 26.1 Å². The van der Waals surface area contributed by atoms with E-state index in [1.54, 1.807) is 38.6 Å². The maximum Gasteiger partial charge on any atom is 0.256 e. The minimum Gasteiger partial charge on any atom is -0.495 e. The second-order valence-electron chi connectivity index (χ2n) is 13.5. The molecule has 1 aliphatic heterocycles. The third-order valence-corrected chi connectivity index (χ3v) is 9.23. The van der Waals surface area contributed by atoms with Gasteiger partial charge in [-0.05, 0) is 77.0 Å². The molecule has 16 heteroatoms. The zero-order chi connectivity index (χ0) is 40.2. The number of fused-ring (bicyclic) bond motifs is 1. The van der Waals surface area contributed by atoms with Crippen molar-refractivity contribution in [2.24, 2.45) is 17.6 Å². The molecule has 2 aromatic rings. The van der Waals surface area contributed by atoms with E-state index in [1.807, 2.05) is 27.7 Å². The number of hydrogen-bond acceptors (Lipinski definition) is 9. The standard InChI is InChI=1S/C10H8ClNO2.C9H15NO3S.C8H13N3O3.C5H12O.C4H10/c1-14-9-5-12-10(13)8-4-6(11)2-3-7(8)9;1-3-7(4-2)9(11)10-14(12,13)8-5-6-8;9-8(14)6-2-1-3-11(6)7(13)4-10-5-12;1-5(2,3)6-4;1-4(2)3/h2-5H,1H3,(H,12,13);3,7-8H,1,4-6H2,2H3,(H,10,11);5-6H,1-4H2,(H2,9,14)(H,10,12);1-4H3;4H,1-3H3. The number of hydrogen-bond donors (Lipinski definition) is 4. The highest BCUT2D eigenvalue weighted by atomic mass is 35.5. The second-order valence-corrected chi connectivity index (χ2v) is 15.9. The first-order valence-electron chi connectivity index (χ1n) is 17.0. The van der Waals surface area contributed by atoms with Gasteiger partial charge in [-0.15, -0.1) is 6.58 Å². The smallest absolute Gasteiger partial charge is 0.256 e. The van der Waals surface area contributed by atoms with Crippen molar-refractivity contribution in [2.45, 2.75) is 97.5 Å². The Hall–Kier alpha value is -3.95. The summed E-state index contributed by atoms with van der Waals surface area (Å²) in [5, 5.41) is 3.75. The van der Waals surface area contributed by atoms with Crippen LogP contribution in [0.3, 0.4) is 0 Å². The van der Waals surface area contributed by atoms with E-state index in [4.69, 9.17) is 26.8 Å². The summed E-state index contributed by atoms with van der Waals surface area (Å²) >= 11 is 5.79. The summed E-state index contributed by atoms with van der Waals surface area (Å²) in [4.78, 5) is 59.1. The Kier molecular flexibility index (Phi) is 21.8. The van der Waals surface area contributed by atoms with E-state index in [1.165, 1.54) is 11.0 Å². The number of carbonyl (C=O) groups is 4. The normalized spacial score (nSPS) is 15.4. The van der Waals surface area contributed by atoms with E-state index < -0.39 is 33.8 Å². The van der Waals surface area contributed by atoms with Crippen LogP contribution in [0, 0.1) is 11.8 Å². The monoisotopic (exact) mass is 771 g/mol. The van der Waals surface area contributed by atoms with Crippen molar-refractivity contribution >= 4 is 56.5 Å². The number of carbonyl (C=O) groups excluding carboxylic acids is 4. The predicted octanol–water partition coefficient (Wildman–Crippen LogP) is 4.30. The van der Waals surface area contributed by atoms with E-state index in [0.717, 1.165) is 17.7 Å². The fraction of sp³-hybridized carbons (Fsp3) is 0.583. The fourth-order valence-corrected chi connectivity index (χ4v) is 5.63. The van der Waals surface area contributed by atoms with Crippen molar-refractivity contribution in [1.29, 1.82) is 0 Å². The molecule has 0 spiro atoms. The highest BCUT2D eigenvalue weighted by Gasteiger charge is 2.37. The van der Waals surface area contributed by atoms with Gasteiger partial charge in [-0.1, -0.05) is 45.4 Å². The molecular weight excluding hydrogens is 714 g/mol. The number of sulfonamides is 1.